The van der Waals surface area contributed by atoms with Crippen molar-refractivity contribution in [2.24, 2.45) is 5.73 Å². The number of rotatable bonds is 4. The average Bonchev–Trinajstić information content (AvgIpc) is 2.18. The summed E-state index contributed by atoms with van der Waals surface area (Å²) >= 11 is 0. The van der Waals surface area contributed by atoms with Crippen LogP contribution >= 0.6 is 0 Å². The summed E-state index contributed by atoms with van der Waals surface area (Å²) in [6.07, 6.45) is 0.929. The molecule has 5 nitrogen and oxygen atoms in total. The van der Waals surface area contributed by atoms with E-state index in [4.69, 9.17) is 5.73 Å². The van der Waals surface area contributed by atoms with Crippen molar-refractivity contribution in [2.45, 2.75) is 19.1 Å². The van der Waals surface area contributed by atoms with E-state index >= 15 is 0 Å². The third-order valence-electron chi connectivity index (χ3n) is 1.86. The molecule has 0 bridgehead atoms. The number of aromatic nitrogens is 2. The zero-order valence-corrected chi connectivity index (χ0v) is 8.44. The van der Waals surface area contributed by atoms with Crippen molar-refractivity contribution < 1.29 is 5.11 Å². The minimum Gasteiger partial charge on any atom is -0.384 e. The first kappa shape index (κ1) is 11.0. The molecule has 0 amide bonds. The topological polar surface area (TPSA) is 84.1 Å². The lowest BCUT2D eigenvalue weighted by atomic mass is 10.2. The highest BCUT2D eigenvalue weighted by Crippen LogP contribution is 2.09. The van der Waals surface area contributed by atoms with Gasteiger partial charge >= 0.3 is 0 Å². The van der Waals surface area contributed by atoms with Gasteiger partial charge in [-0.25, -0.2) is 9.97 Å². The summed E-state index contributed by atoms with van der Waals surface area (Å²) in [6.45, 7) is 2.28. The Kier molecular flexibility index (Phi) is 3.94. The van der Waals surface area contributed by atoms with Gasteiger partial charge in [0.25, 0.3) is 0 Å². The summed E-state index contributed by atoms with van der Waals surface area (Å²) < 4.78 is 0. The highest BCUT2D eigenvalue weighted by atomic mass is 16.3. The highest BCUT2D eigenvalue weighted by Gasteiger charge is 2.11. The van der Waals surface area contributed by atoms with E-state index in [9.17, 15) is 5.11 Å². The van der Waals surface area contributed by atoms with Crippen LogP contribution in [-0.2, 0) is 0 Å². The van der Waals surface area contributed by atoms with E-state index in [1.807, 2.05) is 6.92 Å². The van der Waals surface area contributed by atoms with E-state index in [0.29, 0.717) is 12.4 Å². The minimum atomic E-state index is -0.682. The molecule has 0 saturated heterocycles. The number of hydrogen-bond acceptors (Lipinski definition) is 5. The largest absolute Gasteiger partial charge is 0.384 e. The standard InChI is InChI=1S/C9H16N4O/c1-6(10)7-3-4-12-9(13-7)8(14)5-11-2/h3-4,6,8,11,14H,5,10H2,1-2H3/t6-,8?/m0/s1. The van der Waals surface area contributed by atoms with Crippen LogP contribution < -0.4 is 11.1 Å². The van der Waals surface area contributed by atoms with Crippen LogP contribution in [0.25, 0.3) is 0 Å². The third-order valence-corrected chi connectivity index (χ3v) is 1.86. The fourth-order valence-corrected chi connectivity index (χ4v) is 1.09. The van der Waals surface area contributed by atoms with Gasteiger partial charge in [-0.3, -0.25) is 0 Å². The van der Waals surface area contributed by atoms with Crippen LogP contribution in [0.15, 0.2) is 12.3 Å². The van der Waals surface area contributed by atoms with Crippen molar-refractivity contribution in [1.29, 1.82) is 0 Å². The first-order valence-corrected chi connectivity index (χ1v) is 4.56. The molecular weight excluding hydrogens is 180 g/mol. The third kappa shape index (κ3) is 2.73. The van der Waals surface area contributed by atoms with Crippen LogP contribution in [0.5, 0.6) is 0 Å². The molecule has 1 aromatic rings. The maximum absolute atomic E-state index is 9.60. The molecule has 14 heavy (non-hydrogen) atoms. The van der Waals surface area contributed by atoms with Crippen LogP contribution in [0.2, 0.25) is 0 Å². The van der Waals surface area contributed by atoms with Gasteiger partial charge in [0, 0.05) is 18.8 Å². The van der Waals surface area contributed by atoms with Crippen molar-refractivity contribution in [3.05, 3.63) is 23.8 Å². The first-order valence-electron chi connectivity index (χ1n) is 4.56. The molecule has 0 fully saturated rings. The summed E-state index contributed by atoms with van der Waals surface area (Å²) in [7, 11) is 1.76. The minimum absolute atomic E-state index is 0.140. The van der Waals surface area contributed by atoms with E-state index < -0.39 is 6.10 Å². The summed E-state index contributed by atoms with van der Waals surface area (Å²) in [4.78, 5) is 8.15. The summed E-state index contributed by atoms with van der Waals surface area (Å²) in [5, 5.41) is 12.5. The molecule has 78 valence electrons. The SMILES string of the molecule is CNCC(O)c1nccc([C@H](C)N)n1. The number of nitrogens with two attached hydrogens (primary N) is 1. The molecule has 0 aliphatic heterocycles. The fourth-order valence-electron chi connectivity index (χ4n) is 1.09. The second-order valence-electron chi connectivity index (χ2n) is 3.20. The van der Waals surface area contributed by atoms with Crippen LogP contribution in [0.3, 0.4) is 0 Å². The van der Waals surface area contributed by atoms with Gasteiger partial charge in [-0.2, -0.15) is 0 Å². The van der Waals surface area contributed by atoms with Crippen molar-refractivity contribution in [3.63, 3.8) is 0 Å². The normalized spacial score (nSPS) is 15.1. The Bertz CT molecular complexity index is 290. The van der Waals surface area contributed by atoms with Gasteiger partial charge in [-0.1, -0.05) is 0 Å². The molecule has 0 aromatic carbocycles. The van der Waals surface area contributed by atoms with Crippen LogP contribution in [0, 0.1) is 0 Å². The molecule has 5 heteroatoms. The van der Waals surface area contributed by atoms with Gasteiger partial charge in [0.2, 0.25) is 0 Å². The van der Waals surface area contributed by atoms with Gasteiger partial charge in [-0.05, 0) is 20.0 Å². The Morgan fingerprint density at radius 2 is 2.36 bits per heavy atom. The van der Waals surface area contributed by atoms with Crippen molar-refractivity contribution in [3.8, 4) is 0 Å². The second kappa shape index (κ2) is 4.99. The molecule has 2 atom stereocenters. The molecule has 0 spiro atoms. The molecule has 1 heterocycles. The molecule has 0 radical (unpaired) electrons. The van der Waals surface area contributed by atoms with Gasteiger partial charge in [0.05, 0.1) is 5.69 Å². The van der Waals surface area contributed by atoms with Crippen LogP contribution in [0.4, 0.5) is 0 Å². The van der Waals surface area contributed by atoms with Gasteiger partial charge in [-0.15, -0.1) is 0 Å². The summed E-state index contributed by atoms with van der Waals surface area (Å²) in [6, 6.07) is 1.61. The van der Waals surface area contributed by atoms with Gasteiger partial charge in [0.1, 0.15) is 6.10 Å². The van der Waals surface area contributed by atoms with E-state index in [1.54, 1.807) is 19.3 Å². The van der Waals surface area contributed by atoms with E-state index in [1.165, 1.54) is 0 Å². The van der Waals surface area contributed by atoms with Gasteiger partial charge < -0.3 is 16.2 Å². The number of nitrogens with zero attached hydrogens (tertiary/aromatic N) is 2. The number of likely N-dealkylation sites (N-methyl/N-ethyl adjacent to an activating group) is 1. The lowest BCUT2D eigenvalue weighted by Gasteiger charge is -2.10. The first-order chi connectivity index (χ1) is 6.65. The van der Waals surface area contributed by atoms with Crippen molar-refractivity contribution in [1.82, 2.24) is 15.3 Å². The molecule has 0 aliphatic carbocycles. The monoisotopic (exact) mass is 196 g/mol. The van der Waals surface area contributed by atoms with E-state index in [2.05, 4.69) is 15.3 Å². The lowest BCUT2D eigenvalue weighted by Crippen LogP contribution is -2.20. The predicted molar refractivity (Wildman–Crippen MR) is 53.5 cm³/mol. The zero-order chi connectivity index (χ0) is 10.6. The molecule has 1 unspecified atom stereocenters. The predicted octanol–water partition coefficient (Wildman–Crippen LogP) is -0.251. The average molecular weight is 196 g/mol. The fraction of sp³-hybridized carbons (Fsp3) is 0.556. The van der Waals surface area contributed by atoms with Crippen molar-refractivity contribution >= 4 is 0 Å². The van der Waals surface area contributed by atoms with Gasteiger partial charge in [0.15, 0.2) is 5.82 Å². The molecule has 1 rings (SSSR count). The summed E-state index contributed by atoms with van der Waals surface area (Å²) in [5.74, 6) is 0.411. The van der Waals surface area contributed by atoms with E-state index in [0.717, 1.165) is 5.69 Å². The number of hydrogen-bond donors (Lipinski definition) is 3. The Morgan fingerprint density at radius 3 is 2.93 bits per heavy atom. The second-order valence-corrected chi connectivity index (χ2v) is 3.20. The smallest absolute Gasteiger partial charge is 0.158 e. The molecule has 4 N–H and O–H groups in total. The maximum Gasteiger partial charge on any atom is 0.158 e. The Hall–Kier alpha value is -1.04. The van der Waals surface area contributed by atoms with Crippen LogP contribution in [-0.4, -0.2) is 28.7 Å². The number of nitrogens with one attached hydrogen (secondary N) is 1. The quantitative estimate of drug-likeness (QED) is 0.618. The Morgan fingerprint density at radius 1 is 1.64 bits per heavy atom. The highest BCUT2D eigenvalue weighted by molar-refractivity contribution is 5.07. The molecule has 1 aromatic heterocycles. The lowest BCUT2D eigenvalue weighted by molar-refractivity contribution is 0.167. The number of aliphatic hydroxyl groups excluding tert-OH is 1. The van der Waals surface area contributed by atoms with Crippen molar-refractivity contribution in [2.75, 3.05) is 13.6 Å². The Balaban J connectivity index is 2.82. The number of aliphatic hydroxyl groups is 1. The zero-order valence-electron chi connectivity index (χ0n) is 8.44. The van der Waals surface area contributed by atoms with E-state index in [-0.39, 0.29) is 6.04 Å². The molecule has 0 aliphatic rings. The molecule has 0 saturated carbocycles. The maximum atomic E-state index is 9.60. The molecular formula is C9H16N4O. The summed E-state index contributed by atoms with van der Waals surface area (Å²) in [5.41, 5.74) is 6.41. The Labute approximate surface area is 83.4 Å². The van der Waals surface area contributed by atoms with Crippen LogP contribution in [0.1, 0.15) is 30.6 Å².